The highest BCUT2D eigenvalue weighted by Gasteiger charge is 2.20. The van der Waals surface area contributed by atoms with E-state index < -0.39 is 5.25 Å². The van der Waals surface area contributed by atoms with Gasteiger partial charge in [0.25, 0.3) is 0 Å². The van der Waals surface area contributed by atoms with E-state index in [4.69, 9.17) is 33.8 Å². The summed E-state index contributed by atoms with van der Waals surface area (Å²) in [5, 5.41) is 11.8. The van der Waals surface area contributed by atoms with Crippen molar-refractivity contribution in [2.45, 2.75) is 23.9 Å². The second-order valence-electron chi connectivity index (χ2n) is 5.62. The Labute approximate surface area is 175 Å². The van der Waals surface area contributed by atoms with Gasteiger partial charge in [-0.15, -0.1) is 10.2 Å². The van der Waals surface area contributed by atoms with E-state index >= 15 is 0 Å². The number of pyridine rings is 1. The van der Waals surface area contributed by atoms with Crippen molar-refractivity contribution in [2.24, 2.45) is 0 Å². The minimum atomic E-state index is -0.478. The molecule has 8 nitrogen and oxygen atoms in total. The third-order valence-electron chi connectivity index (χ3n) is 3.55. The molecule has 0 saturated carbocycles. The maximum absolute atomic E-state index is 12.3. The van der Waals surface area contributed by atoms with Crippen molar-refractivity contribution in [1.82, 2.24) is 19.9 Å². The van der Waals surface area contributed by atoms with Gasteiger partial charge in [-0.05, 0) is 43.3 Å². The van der Waals surface area contributed by atoms with Crippen LogP contribution in [-0.4, -0.2) is 31.0 Å². The van der Waals surface area contributed by atoms with Crippen molar-refractivity contribution in [2.75, 3.05) is 11.2 Å². The zero-order chi connectivity index (χ0) is 20.1. The SMILES string of the molecule is C[C@@H](Sc1nnc(COc2ccc(Cl)cc2)n1N)C(=O)Nc1ccc(Cl)cn1. The highest BCUT2D eigenvalue weighted by Crippen LogP contribution is 2.23. The summed E-state index contributed by atoms with van der Waals surface area (Å²) >= 11 is 12.8. The lowest BCUT2D eigenvalue weighted by Gasteiger charge is -2.11. The number of aromatic nitrogens is 4. The van der Waals surface area contributed by atoms with Crippen molar-refractivity contribution in [1.29, 1.82) is 0 Å². The number of thioether (sulfide) groups is 1. The average molecular weight is 439 g/mol. The summed E-state index contributed by atoms with van der Waals surface area (Å²) in [5.41, 5.74) is 0. The predicted molar refractivity (Wildman–Crippen MR) is 109 cm³/mol. The molecule has 0 fully saturated rings. The number of amides is 1. The first-order valence-corrected chi connectivity index (χ1v) is 9.73. The Morgan fingerprint density at radius 3 is 2.61 bits per heavy atom. The summed E-state index contributed by atoms with van der Waals surface area (Å²) in [7, 11) is 0. The highest BCUT2D eigenvalue weighted by atomic mass is 35.5. The second-order valence-corrected chi connectivity index (χ2v) is 7.80. The fraction of sp³-hybridized carbons (Fsp3) is 0.176. The zero-order valence-corrected chi connectivity index (χ0v) is 17.0. The minimum Gasteiger partial charge on any atom is -0.486 e. The Balaban J connectivity index is 1.57. The maximum atomic E-state index is 12.3. The fourth-order valence-electron chi connectivity index (χ4n) is 2.05. The Bertz CT molecular complexity index is 949. The molecule has 11 heteroatoms. The minimum absolute atomic E-state index is 0.126. The highest BCUT2D eigenvalue weighted by molar-refractivity contribution is 8.00. The molecule has 3 rings (SSSR count). The number of carbonyl (C=O) groups is 1. The molecule has 3 aromatic rings. The van der Waals surface area contributed by atoms with Crippen molar-refractivity contribution in [3.8, 4) is 5.75 Å². The van der Waals surface area contributed by atoms with Gasteiger partial charge in [-0.2, -0.15) is 0 Å². The molecule has 3 N–H and O–H groups in total. The fourth-order valence-corrected chi connectivity index (χ4v) is 3.08. The van der Waals surface area contributed by atoms with Gasteiger partial charge in [-0.1, -0.05) is 35.0 Å². The first-order valence-electron chi connectivity index (χ1n) is 8.09. The maximum Gasteiger partial charge on any atom is 0.238 e. The quantitative estimate of drug-likeness (QED) is 0.429. The molecule has 0 radical (unpaired) electrons. The monoisotopic (exact) mass is 438 g/mol. The molecule has 0 aliphatic heterocycles. The lowest BCUT2D eigenvalue weighted by Crippen LogP contribution is -2.24. The molecule has 0 saturated heterocycles. The Morgan fingerprint density at radius 1 is 1.21 bits per heavy atom. The van der Waals surface area contributed by atoms with E-state index in [-0.39, 0.29) is 12.5 Å². The number of ether oxygens (including phenoxy) is 1. The molecule has 146 valence electrons. The van der Waals surface area contributed by atoms with Crippen LogP contribution in [0.15, 0.2) is 47.8 Å². The Hall–Kier alpha value is -2.49. The van der Waals surface area contributed by atoms with Crippen LogP contribution in [0.1, 0.15) is 12.7 Å². The van der Waals surface area contributed by atoms with Crippen LogP contribution >= 0.6 is 35.0 Å². The van der Waals surface area contributed by atoms with Crippen LogP contribution < -0.4 is 15.9 Å². The van der Waals surface area contributed by atoms with Gasteiger partial charge in [-0.3, -0.25) is 4.79 Å². The number of rotatable bonds is 7. The summed E-state index contributed by atoms with van der Waals surface area (Å²) in [6.07, 6.45) is 1.46. The van der Waals surface area contributed by atoms with E-state index in [1.807, 2.05) is 0 Å². The van der Waals surface area contributed by atoms with Crippen molar-refractivity contribution < 1.29 is 9.53 Å². The molecule has 1 atom stereocenters. The number of halogens is 2. The zero-order valence-electron chi connectivity index (χ0n) is 14.7. The number of hydrogen-bond donors (Lipinski definition) is 2. The number of hydrogen-bond acceptors (Lipinski definition) is 7. The van der Waals surface area contributed by atoms with Crippen molar-refractivity contribution in [3.63, 3.8) is 0 Å². The molecular formula is C17H16Cl2N6O2S. The second kappa shape index (κ2) is 9.13. The lowest BCUT2D eigenvalue weighted by molar-refractivity contribution is -0.115. The van der Waals surface area contributed by atoms with Crippen molar-refractivity contribution in [3.05, 3.63) is 58.5 Å². The molecule has 0 aliphatic rings. The van der Waals surface area contributed by atoms with E-state index in [0.717, 1.165) is 0 Å². The number of anilines is 1. The van der Waals surface area contributed by atoms with E-state index in [2.05, 4.69) is 20.5 Å². The van der Waals surface area contributed by atoms with Crippen LogP contribution in [0, 0.1) is 0 Å². The third kappa shape index (κ3) is 5.28. The average Bonchev–Trinajstić information content (AvgIpc) is 3.03. The van der Waals surface area contributed by atoms with Crippen LogP contribution in [-0.2, 0) is 11.4 Å². The normalized spacial score (nSPS) is 11.8. The van der Waals surface area contributed by atoms with Crippen LogP contribution in [0.3, 0.4) is 0 Å². The first-order chi connectivity index (χ1) is 13.4. The van der Waals surface area contributed by atoms with Crippen molar-refractivity contribution >= 4 is 46.7 Å². The summed E-state index contributed by atoms with van der Waals surface area (Å²) < 4.78 is 6.91. The molecule has 0 spiro atoms. The van der Waals surface area contributed by atoms with Gasteiger partial charge in [-0.25, -0.2) is 9.66 Å². The first kappa shape index (κ1) is 20.2. The number of nitrogens with zero attached hydrogens (tertiary/aromatic N) is 4. The van der Waals surface area contributed by atoms with Gasteiger partial charge in [0.15, 0.2) is 5.82 Å². The summed E-state index contributed by atoms with van der Waals surface area (Å²) in [5.74, 6) is 7.23. The molecular weight excluding hydrogens is 423 g/mol. The van der Waals surface area contributed by atoms with Gasteiger partial charge >= 0.3 is 0 Å². The van der Waals surface area contributed by atoms with Gasteiger partial charge in [0.2, 0.25) is 11.1 Å². The summed E-state index contributed by atoms with van der Waals surface area (Å²) in [6.45, 7) is 1.86. The molecule has 28 heavy (non-hydrogen) atoms. The molecule has 2 heterocycles. The smallest absolute Gasteiger partial charge is 0.238 e. The van der Waals surface area contributed by atoms with Gasteiger partial charge < -0.3 is 15.9 Å². The van der Waals surface area contributed by atoms with Crippen LogP contribution in [0.2, 0.25) is 10.0 Å². The standard InChI is InChI=1S/C17H16Cl2N6O2S/c1-10(16(26)22-14-7-4-12(19)8-21-14)28-17-24-23-15(25(17)20)9-27-13-5-2-11(18)3-6-13/h2-8,10H,9,20H2,1H3,(H,21,22,26)/t10-/m1/s1. The van der Waals surface area contributed by atoms with Crippen LogP contribution in [0.25, 0.3) is 0 Å². The molecule has 0 aliphatic carbocycles. The lowest BCUT2D eigenvalue weighted by atomic mass is 10.3. The number of nitrogen functional groups attached to an aromatic ring is 1. The van der Waals surface area contributed by atoms with Gasteiger partial charge in [0, 0.05) is 11.2 Å². The predicted octanol–water partition coefficient (Wildman–Crippen LogP) is 3.39. The molecule has 2 aromatic heterocycles. The molecule has 1 amide bonds. The van der Waals surface area contributed by atoms with E-state index in [1.54, 1.807) is 43.3 Å². The number of benzene rings is 1. The van der Waals surface area contributed by atoms with Gasteiger partial charge in [0.1, 0.15) is 18.2 Å². The summed E-state index contributed by atoms with van der Waals surface area (Å²) in [4.78, 5) is 16.4. The van der Waals surface area contributed by atoms with Gasteiger partial charge in [0.05, 0.1) is 10.3 Å². The Kier molecular flexibility index (Phi) is 6.61. The summed E-state index contributed by atoms with van der Waals surface area (Å²) in [6, 6.07) is 10.2. The topological polar surface area (TPSA) is 108 Å². The molecule has 0 unspecified atom stereocenters. The molecule has 0 bridgehead atoms. The van der Waals surface area contributed by atoms with E-state index in [9.17, 15) is 4.79 Å². The number of nitrogens with two attached hydrogens (primary N) is 1. The number of nitrogens with one attached hydrogen (secondary N) is 1. The van der Waals surface area contributed by atoms with E-state index in [1.165, 1.54) is 22.6 Å². The number of carbonyl (C=O) groups excluding carboxylic acids is 1. The van der Waals surface area contributed by atoms with Crippen LogP contribution in [0.4, 0.5) is 5.82 Å². The largest absolute Gasteiger partial charge is 0.486 e. The Morgan fingerprint density at radius 2 is 1.93 bits per heavy atom. The van der Waals surface area contributed by atoms with Crippen LogP contribution in [0.5, 0.6) is 5.75 Å². The van der Waals surface area contributed by atoms with E-state index in [0.29, 0.717) is 32.6 Å². The third-order valence-corrected chi connectivity index (χ3v) is 5.08. The molecule has 1 aromatic carbocycles.